The average Bonchev–Trinajstić information content (AvgIpc) is 3.21. The zero-order valence-corrected chi connectivity index (χ0v) is 13.1. The van der Waals surface area contributed by atoms with Gasteiger partial charge in [0.05, 0.1) is 13.2 Å². The molecule has 0 atom stereocenters. The number of nitrogens with one attached hydrogen (secondary N) is 1. The summed E-state index contributed by atoms with van der Waals surface area (Å²) in [6.45, 7) is 1.23. The highest BCUT2D eigenvalue weighted by atomic mass is 32.1. The van der Waals surface area contributed by atoms with Crippen LogP contribution >= 0.6 is 11.5 Å². The number of imidazole rings is 1. The number of para-hydroxylation sites is 1. The molecular weight excluding hydrogens is 298 g/mol. The Balaban J connectivity index is 1.65. The van der Waals surface area contributed by atoms with Gasteiger partial charge in [0.1, 0.15) is 11.6 Å². The number of aromatic nitrogens is 4. The molecule has 2 aromatic heterocycles. The summed E-state index contributed by atoms with van der Waals surface area (Å²) in [4.78, 5) is 8.83. The Morgan fingerprint density at radius 2 is 2.14 bits per heavy atom. The van der Waals surface area contributed by atoms with Gasteiger partial charge in [-0.2, -0.15) is 4.37 Å². The molecule has 0 radical (unpaired) electrons. The summed E-state index contributed by atoms with van der Waals surface area (Å²) in [6, 6.07) is 10.1. The van der Waals surface area contributed by atoms with E-state index in [4.69, 9.17) is 4.74 Å². The lowest BCUT2D eigenvalue weighted by atomic mass is 10.3. The third-order valence-electron chi connectivity index (χ3n) is 3.15. The van der Waals surface area contributed by atoms with Gasteiger partial charge in [-0.3, -0.25) is 0 Å². The van der Waals surface area contributed by atoms with E-state index in [-0.39, 0.29) is 0 Å². The van der Waals surface area contributed by atoms with Gasteiger partial charge in [0.15, 0.2) is 0 Å². The normalized spacial score (nSPS) is 10.8. The zero-order chi connectivity index (χ0) is 15.2. The Morgan fingerprint density at radius 3 is 2.95 bits per heavy atom. The summed E-state index contributed by atoms with van der Waals surface area (Å²) in [7, 11) is 1.68. The Hall–Kier alpha value is -2.25. The maximum atomic E-state index is 5.03. The summed E-state index contributed by atoms with van der Waals surface area (Å²) < 4.78 is 11.4. The number of hydrogen-bond donors (Lipinski definition) is 1. The molecule has 0 bridgehead atoms. The Kier molecular flexibility index (Phi) is 4.77. The fourth-order valence-electron chi connectivity index (χ4n) is 2.06. The van der Waals surface area contributed by atoms with Gasteiger partial charge in [-0.05, 0) is 12.1 Å². The van der Waals surface area contributed by atoms with Gasteiger partial charge in [0, 0.05) is 43.1 Å². The van der Waals surface area contributed by atoms with Crippen LogP contribution in [-0.4, -0.2) is 32.6 Å². The number of hydrogen-bond acceptors (Lipinski definition) is 6. The molecular formula is C15H17N5OS. The van der Waals surface area contributed by atoms with E-state index in [1.807, 2.05) is 24.4 Å². The molecule has 0 unspecified atom stereocenters. The second-order valence-corrected chi connectivity index (χ2v) is 5.41. The van der Waals surface area contributed by atoms with E-state index in [0.29, 0.717) is 13.2 Å². The molecule has 114 valence electrons. The van der Waals surface area contributed by atoms with Crippen molar-refractivity contribution >= 4 is 16.7 Å². The average molecular weight is 315 g/mol. The van der Waals surface area contributed by atoms with Crippen LogP contribution in [0, 0.1) is 0 Å². The molecule has 1 N–H and O–H groups in total. The lowest BCUT2D eigenvalue weighted by Crippen LogP contribution is -2.07. The molecule has 1 aromatic carbocycles. The van der Waals surface area contributed by atoms with E-state index < -0.39 is 0 Å². The molecule has 0 saturated heterocycles. The standard InChI is InChI=1S/C15H17N5OS/c1-21-10-7-13-18-15(22-19-13)17-11-14-16-8-9-20(14)12-5-3-2-4-6-12/h2-6,8-9H,7,10-11H2,1H3,(H,17,18,19). The van der Waals surface area contributed by atoms with E-state index >= 15 is 0 Å². The first-order valence-corrected chi connectivity index (χ1v) is 7.77. The summed E-state index contributed by atoms with van der Waals surface area (Å²) in [5, 5.41) is 4.07. The minimum absolute atomic E-state index is 0.598. The number of nitrogens with zero attached hydrogens (tertiary/aromatic N) is 4. The first-order valence-electron chi connectivity index (χ1n) is 7.00. The molecule has 3 aromatic rings. The highest BCUT2D eigenvalue weighted by Gasteiger charge is 2.07. The van der Waals surface area contributed by atoms with Crippen LogP contribution in [0.1, 0.15) is 11.6 Å². The predicted octanol–water partition coefficient (Wildman–Crippen LogP) is 2.52. The van der Waals surface area contributed by atoms with Gasteiger partial charge in [-0.15, -0.1) is 0 Å². The molecule has 7 heteroatoms. The van der Waals surface area contributed by atoms with Crippen LogP contribution in [0.4, 0.5) is 5.13 Å². The Labute approximate surface area is 133 Å². The molecule has 22 heavy (non-hydrogen) atoms. The van der Waals surface area contributed by atoms with Crippen LogP contribution in [0.5, 0.6) is 0 Å². The van der Waals surface area contributed by atoms with Crippen LogP contribution in [0.25, 0.3) is 5.69 Å². The van der Waals surface area contributed by atoms with Crippen LogP contribution in [0.15, 0.2) is 42.7 Å². The molecule has 0 amide bonds. The largest absolute Gasteiger partial charge is 0.384 e. The summed E-state index contributed by atoms with van der Waals surface area (Å²) >= 11 is 1.36. The lowest BCUT2D eigenvalue weighted by Gasteiger charge is -2.07. The fourth-order valence-corrected chi connectivity index (χ4v) is 2.67. The molecule has 0 aliphatic heterocycles. The number of methoxy groups -OCH3 is 1. The van der Waals surface area contributed by atoms with Crippen molar-refractivity contribution in [3.05, 3.63) is 54.4 Å². The molecule has 0 aliphatic carbocycles. The van der Waals surface area contributed by atoms with Crippen molar-refractivity contribution in [1.82, 2.24) is 18.9 Å². The van der Waals surface area contributed by atoms with Crippen LogP contribution in [0.3, 0.4) is 0 Å². The molecule has 6 nitrogen and oxygen atoms in total. The maximum absolute atomic E-state index is 5.03. The highest BCUT2D eigenvalue weighted by Crippen LogP contribution is 2.14. The molecule has 2 heterocycles. The summed E-state index contributed by atoms with van der Waals surface area (Å²) in [5.41, 5.74) is 1.09. The van der Waals surface area contributed by atoms with Crippen LogP contribution < -0.4 is 5.32 Å². The predicted molar refractivity (Wildman–Crippen MR) is 86.4 cm³/mol. The lowest BCUT2D eigenvalue weighted by molar-refractivity contribution is 0.201. The monoisotopic (exact) mass is 315 g/mol. The van der Waals surface area contributed by atoms with Crippen molar-refractivity contribution in [3.8, 4) is 5.69 Å². The fraction of sp³-hybridized carbons (Fsp3) is 0.267. The first kappa shape index (κ1) is 14.7. The van der Waals surface area contributed by atoms with Gasteiger partial charge in [-0.1, -0.05) is 18.2 Å². The molecule has 0 aliphatic rings. The number of rotatable bonds is 7. The van der Waals surface area contributed by atoms with Crippen molar-refractivity contribution in [2.45, 2.75) is 13.0 Å². The highest BCUT2D eigenvalue weighted by molar-refractivity contribution is 7.09. The SMILES string of the molecule is COCCc1nsc(NCc2nccn2-c2ccccc2)n1. The van der Waals surface area contributed by atoms with Crippen LogP contribution in [0.2, 0.25) is 0 Å². The molecule has 0 saturated carbocycles. The third kappa shape index (κ3) is 3.49. The molecule has 0 fully saturated rings. The minimum atomic E-state index is 0.598. The van der Waals surface area contributed by atoms with Gasteiger partial charge in [0.25, 0.3) is 0 Å². The van der Waals surface area contributed by atoms with Crippen molar-refractivity contribution in [3.63, 3.8) is 0 Å². The van der Waals surface area contributed by atoms with Crippen molar-refractivity contribution in [2.24, 2.45) is 0 Å². The van der Waals surface area contributed by atoms with Gasteiger partial charge < -0.3 is 14.6 Å². The second kappa shape index (κ2) is 7.15. The van der Waals surface area contributed by atoms with Crippen LogP contribution in [-0.2, 0) is 17.7 Å². The van der Waals surface area contributed by atoms with Crippen molar-refractivity contribution < 1.29 is 4.74 Å². The van der Waals surface area contributed by atoms with Gasteiger partial charge >= 0.3 is 0 Å². The van der Waals surface area contributed by atoms with Gasteiger partial charge in [-0.25, -0.2) is 9.97 Å². The van der Waals surface area contributed by atoms with Crippen molar-refractivity contribution in [2.75, 3.05) is 19.0 Å². The number of ether oxygens (including phenoxy) is 1. The molecule has 3 rings (SSSR count). The smallest absolute Gasteiger partial charge is 0.202 e. The van der Waals surface area contributed by atoms with E-state index in [1.54, 1.807) is 13.3 Å². The molecule has 0 spiro atoms. The van der Waals surface area contributed by atoms with E-state index in [9.17, 15) is 0 Å². The topological polar surface area (TPSA) is 64.9 Å². The number of benzene rings is 1. The summed E-state index contributed by atoms with van der Waals surface area (Å²) in [5.74, 6) is 1.74. The van der Waals surface area contributed by atoms with E-state index in [1.165, 1.54) is 11.5 Å². The summed E-state index contributed by atoms with van der Waals surface area (Å²) in [6.07, 6.45) is 4.48. The Morgan fingerprint density at radius 1 is 1.27 bits per heavy atom. The van der Waals surface area contributed by atoms with E-state index in [2.05, 4.69) is 36.4 Å². The first-order chi connectivity index (χ1) is 10.9. The van der Waals surface area contributed by atoms with Crippen molar-refractivity contribution in [1.29, 1.82) is 0 Å². The third-order valence-corrected chi connectivity index (χ3v) is 3.86. The second-order valence-electron chi connectivity index (χ2n) is 4.66. The number of anilines is 1. The maximum Gasteiger partial charge on any atom is 0.202 e. The Bertz CT molecular complexity index is 710. The van der Waals surface area contributed by atoms with Gasteiger partial charge in [0.2, 0.25) is 5.13 Å². The van der Waals surface area contributed by atoms with E-state index in [0.717, 1.165) is 28.9 Å². The zero-order valence-electron chi connectivity index (χ0n) is 12.3. The minimum Gasteiger partial charge on any atom is -0.384 e. The quantitative estimate of drug-likeness (QED) is 0.726.